The Kier molecular flexibility index (Phi) is 6.46. The van der Waals surface area contributed by atoms with Gasteiger partial charge in [0, 0.05) is 43.8 Å². The fourth-order valence-electron chi connectivity index (χ4n) is 7.08. The van der Waals surface area contributed by atoms with Crippen LogP contribution in [0.2, 0.25) is 0 Å². The zero-order chi connectivity index (χ0) is 33.0. The van der Waals surface area contributed by atoms with Gasteiger partial charge in [-0.3, -0.25) is 0 Å². The van der Waals surface area contributed by atoms with Crippen molar-refractivity contribution in [3.8, 4) is 56.2 Å². The first kappa shape index (κ1) is 28.3. The molecule has 0 fully saturated rings. The van der Waals surface area contributed by atoms with Crippen molar-refractivity contribution in [3.05, 3.63) is 170 Å². The van der Waals surface area contributed by atoms with Gasteiger partial charge in [0.05, 0.1) is 11.4 Å². The largest absolute Gasteiger partial charge is 0.456 e. The first-order valence-corrected chi connectivity index (χ1v) is 16.7. The van der Waals surface area contributed by atoms with Gasteiger partial charge in [-0.15, -0.1) is 0 Å². The normalized spacial score (nSPS) is 11.6. The zero-order valence-corrected chi connectivity index (χ0v) is 26.9. The van der Waals surface area contributed by atoms with Crippen LogP contribution in [0, 0.1) is 0 Å². The van der Waals surface area contributed by atoms with E-state index in [4.69, 9.17) is 18.8 Å². The van der Waals surface area contributed by atoms with Gasteiger partial charge in [0.25, 0.3) is 0 Å². The Morgan fingerprint density at radius 2 is 0.900 bits per heavy atom. The molecular weight excluding hydrogens is 613 g/mol. The Labute approximate surface area is 287 Å². The predicted octanol–water partition coefficient (Wildman–Crippen LogP) is 12.6. The lowest BCUT2D eigenvalue weighted by atomic mass is 9.95. The quantitative estimate of drug-likeness (QED) is 0.188. The topological polar surface area (TPSA) is 52.1 Å². The molecule has 0 saturated carbocycles. The molecule has 0 bridgehead atoms. The Balaban J connectivity index is 1.18. The summed E-state index contributed by atoms with van der Waals surface area (Å²) in [4.78, 5) is 10.3. The molecular formula is C46H28N2O2. The number of rotatable bonds is 5. The lowest BCUT2D eigenvalue weighted by Crippen LogP contribution is -1.96. The van der Waals surface area contributed by atoms with Crippen molar-refractivity contribution in [2.45, 2.75) is 0 Å². The van der Waals surface area contributed by atoms with Crippen molar-refractivity contribution in [2.75, 3.05) is 0 Å². The summed E-state index contributed by atoms with van der Waals surface area (Å²) in [5, 5.41) is 4.25. The fourth-order valence-corrected chi connectivity index (χ4v) is 7.08. The third kappa shape index (κ3) is 4.69. The molecule has 0 saturated heterocycles. The average molecular weight is 641 g/mol. The van der Waals surface area contributed by atoms with Gasteiger partial charge in [-0.1, -0.05) is 133 Å². The number of para-hydroxylation sites is 2. The van der Waals surface area contributed by atoms with Gasteiger partial charge >= 0.3 is 0 Å². The Morgan fingerprint density at radius 3 is 1.68 bits per heavy atom. The molecule has 0 aliphatic heterocycles. The lowest BCUT2D eigenvalue weighted by molar-refractivity contribution is 0.668. The third-order valence-corrected chi connectivity index (χ3v) is 9.54. The highest BCUT2D eigenvalue weighted by Gasteiger charge is 2.20. The maximum absolute atomic E-state index is 6.70. The van der Waals surface area contributed by atoms with Gasteiger partial charge in [0.2, 0.25) is 0 Å². The Morgan fingerprint density at radius 1 is 0.340 bits per heavy atom. The van der Waals surface area contributed by atoms with Crippen LogP contribution in [0.25, 0.3) is 100 Å². The Hall–Kier alpha value is -6.78. The number of hydrogen-bond donors (Lipinski definition) is 0. The minimum absolute atomic E-state index is 0.670. The first-order valence-electron chi connectivity index (χ1n) is 16.7. The van der Waals surface area contributed by atoms with Gasteiger partial charge in [0.1, 0.15) is 22.3 Å². The summed E-state index contributed by atoms with van der Waals surface area (Å²) in [7, 11) is 0. The maximum Gasteiger partial charge on any atom is 0.160 e. The number of aromatic nitrogens is 2. The van der Waals surface area contributed by atoms with Gasteiger partial charge in [-0.05, 0) is 53.1 Å². The van der Waals surface area contributed by atoms with E-state index in [0.29, 0.717) is 5.82 Å². The number of fused-ring (bicyclic) bond motifs is 6. The van der Waals surface area contributed by atoms with Crippen LogP contribution in [-0.2, 0) is 0 Å². The van der Waals surface area contributed by atoms with E-state index in [1.807, 2.05) is 54.6 Å². The first-order chi connectivity index (χ1) is 24.8. The van der Waals surface area contributed by atoms with Crippen molar-refractivity contribution in [2.24, 2.45) is 0 Å². The van der Waals surface area contributed by atoms with Gasteiger partial charge in [0.15, 0.2) is 5.82 Å². The molecule has 0 amide bonds. The molecule has 234 valence electrons. The van der Waals surface area contributed by atoms with Crippen LogP contribution in [0.1, 0.15) is 0 Å². The minimum Gasteiger partial charge on any atom is -0.456 e. The van der Waals surface area contributed by atoms with Crippen molar-refractivity contribution in [1.82, 2.24) is 9.97 Å². The van der Waals surface area contributed by atoms with Crippen LogP contribution in [0.4, 0.5) is 0 Å². The fraction of sp³-hybridized carbons (Fsp3) is 0. The highest BCUT2D eigenvalue weighted by atomic mass is 16.3. The molecule has 0 aliphatic rings. The maximum atomic E-state index is 6.70. The summed E-state index contributed by atoms with van der Waals surface area (Å²) in [5.74, 6) is 0.670. The monoisotopic (exact) mass is 640 g/mol. The molecule has 0 radical (unpaired) electrons. The second-order valence-corrected chi connectivity index (χ2v) is 12.5. The highest BCUT2D eigenvalue weighted by molar-refractivity contribution is 6.17. The van der Waals surface area contributed by atoms with E-state index in [2.05, 4.69) is 115 Å². The molecule has 0 spiro atoms. The summed E-state index contributed by atoms with van der Waals surface area (Å²) in [6, 6.07) is 58.4. The molecule has 0 aliphatic carbocycles. The summed E-state index contributed by atoms with van der Waals surface area (Å²) in [6.07, 6.45) is 0. The summed E-state index contributed by atoms with van der Waals surface area (Å²) in [5.41, 5.74) is 12.5. The summed E-state index contributed by atoms with van der Waals surface area (Å²) >= 11 is 0. The van der Waals surface area contributed by atoms with Crippen molar-refractivity contribution in [3.63, 3.8) is 0 Å². The van der Waals surface area contributed by atoms with E-state index in [1.54, 1.807) is 0 Å². The molecule has 0 N–H and O–H groups in total. The molecule has 4 heteroatoms. The van der Waals surface area contributed by atoms with Crippen molar-refractivity contribution >= 4 is 43.9 Å². The standard InChI is InChI=1S/C46H28N2O2/c1-3-11-29(12-4-1)30-19-21-32(22-20-30)46-47-39(31-13-5-2-6-14-31)28-40(48-46)36-25-24-34(45-44(36)37-16-8-10-18-42(37)50-45)33-23-26-43-38(27-33)35-15-7-9-17-41(35)49-43/h1-28H. The number of furan rings is 2. The van der Waals surface area contributed by atoms with E-state index in [1.165, 1.54) is 5.56 Å². The van der Waals surface area contributed by atoms with Gasteiger partial charge in [-0.2, -0.15) is 0 Å². The van der Waals surface area contributed by atoms with Gasteiger partial charge < -0.3 is 8.83 Å². The third-order valence-electron chi connectivity index (χ3n) is 9.54. The Bertz CT molecular complexity index is 2850. The average Bonchev–Trinajstić information content (AvgIpc) is 3.77. The molecule has 0 atom stereocenters. The van der Waals surface area contributed by atoms with Crippen molar-refractivity contribution in [1.29, 1.82) is 0 Å². The summed E-state index contributed by atoms with van der Waals surface area (Å²) < 4.78 is 12.8. The second-order valence-electron chi connectivity index (χ2n) is 12.5. The summed E-state index contributed by atoms with van der Waals surface area (Å²) in [6.45, 7) is 0. The zero-order valence-electron chi connectivity index (χ0n) is 26.9. The molecule has 7 aromatic carbocycles. The molecule has 10 aromatic rings. The van der Waals surface area contributed by atoms with E-state index < -0.39 is 0 Å². The van der Waals surface area contributed by atoms with E-state index in [-0.39, 0.29) is 0 Å². The van der Waals surface area contributed by atoms with Crippen LogP contribution in [0.5, 0.6) is 0 Å². The molecule has 50 heavy (non-hydrogen) atoms. The SMILES string of the molecule is c1ccc(-c2ccc(-c3nc(-c4ccccc4)cc(-c4ccc(-c5ccc6oc7ccccc7c6c5)c5oc6ccccc6c45)n3)cc2)cc1. The van der Waals surface area contributed by atoms with Gasteiger partial charge in [-0.25, -0.2) is 9.97 Å². The molecule has 0 unspecified atom stereocenters. The smallest absolute Gasteiger partial charge is 0.160 e. The number of benzene rings is 7. The lowest BCUT2D eigenvalue weighted by Gasteiger charge is -2.12. The van der Waals surface area contributed by atoms with E-state index in [9.17, 15) is 0 Å². The van der Waals surface area contributed by atoms with E-state index in [0.717, 1.165) is 88.6 Å². The van der Waals surface area contributed by atoms with Crippen LogP contribution in [0.3, 0.4) is 0 Å². The van der Waals surface area contributed by atoms with Crippen LogP contribution in [-0.4, -0.2) is 9.97 Å². The number of nitrogens with zero attached hydrogens (tertiary/aromatic N) is 2. The molecule has 3 heterocycles. The molecule has 4 nitrogen and oxygen atoms in total. The molecule has 3 aromatic heterocycles. The second kappa shape index (κ2) is 11.4. The predicted molar refractivity (Wildman–Crippen MR) is 204 cm³/mol. The van der Waals surface area contributed by atoms with Crippen molar-refractivity contribution < 1.29 is 8.83 Å². The van der Waals surface area contributed by atoms with Crippen LogP contribution < -0.4 is 0 Å². The molecule has 10 rings (SSSR count). The van der Waals surface area contributed by atoms with E-state index >= 15 is 0 Å². The van der Waals surface area contributed by atoms with Crippen LogP contribution >= 0.6 is 0 Å². The minimum atomic E-state index is 0.670. The van der Waals surface area contributed by atoms with Crippen LogP contribution in [0.15, 0.2) is 179 Å². The highest BCUT2D eigenvalue weighted by Crippen LogP contribution is 2.43. The number of hydrogen-bond acceptors (Lipinski definition) is 4.